The third-order valence-corrected chi connectivity index (χ3v) is 4.72. The average Bonchev–Trinajstić information content (AvgIpc) is 2.73. The molecule has 1 aromatic heterocycles. The lowest BCUT2D eigenvalue weighted by atomic mass is 10.2. The number of carbonyl (C=O) groups excluding carboxylic acids is 1. The van der Waals surface area contributed by atoms with Crippen molar-refractivity contribution in [2.75, 3.05) is 37.8 Å². The molecule has 3 N–H and O–H groups in total. The third-order valence-electron chi connectivity index (χ3n) is 4.72. The predicted octanol–water partition coefficient (Wildman–Crippen LogP) is 4.85. The highest BCUT2D eigenvalue weighted by Gasteiger charge is 2.15. The molecule has 0 spiro atoms. The van der Waals surface area contributed by atoms with Crippen LogP contribution in [-0.4, -0.2) is 48.6 Å². The van der Waals surface area contributed by atoms with Crippen molar-refractivity contribution in [2.45, 2.75) is 52.2 Å². The minimum absolute atomic E-state index is 0.271. The molecule has 2 rings (SSSR count). The van der Waals surface area contributed by atoms with Gasteiger partial charge in [-0.1, -0.05) is 24.6 Å². The number of nitrogens with one attached hydrogen (secondary N) is 3. The van der Waals surface area contributed by atoms with E-state index in [2.05, 4.69) is 46.5 Å². The maximum Gasteiger partial charge on any atom is 0.274 e. The highest BCUT2D eigenvalue weighted by atomic mass is 16.5. The first kappa shape index (κ1) is 26.4. The number of hydrogen-bond acceptors (Lipinski definition) is 6. The van der Waals surface area contributed by atoms with E-state index in [0.29, 0.717) is 23.0 Å². The summed E-state index contributed by atoms with van der Waals surface area (Å²) in [6.45, 7) is 12.6. The SMILES string of the molecule is C=C(Nc1ccccc1NC(=O)c1ccc(CNCCCCCN(C)C)cn1)OC(C)(C)C. The molecule has 0 aliphatic carbocycles. The van der Waals surface area contributed by atoms with Crippen LogP contribution in [0.15, 0.2) is 55.1 Å². The van der Waals surface area contributed by atoms with Crippen molar-refractivity contribution >= 4 is 17.3 Å². The predicted molar refractivity (Wildman–Crippen MR) is 136 cm³/mol. The molecule has 1 heterocycles. The van der Waals surface area contributed by atoms with E-state index in [0.717, 1.165) is 31.6 Å². The topological polar surface area (TPSA) is 78.5 Å². The molecule has 0 aliphatic rings. The van der Waals surface area contributed by atoms with E-state index < -0.39 is 0 Å². The molecule has 7 heteroatoms. The third kappa shape index (κ3) is 10.5. The van der Waals surface area contributed by atoms with Crippen LogP contribution in [0, 0.1) is 0 Å². The number of aromatic nitrogens is 1. The highest BCUT2D eigenvalue weighted by molar-refractivity contribution is 6.04. The minimum atomic E-state index is -0.366. The summed E-state index contributed by atoms with van der Waals surface area (Å²) < 4.78 is 5.73. The summed E-state index contributed by atoms with van der Waals surface area (Å²) in [5.41, 5.74) is 2.38. The zero-order chi connectivity index (χ0) is 24.3. The number of hydrogen-bond donors (Lipinski definition) is 3. The smallest absolute Gasteiger partial charge is 0.274 e. The lowest BCUT2D eigenvalue weighted by Gasteiger charge is -2.24. The van der Waals surface area contributed by atoms with Crippen LogP contribution < -0.4 is 16.0 Å². The van der Waals surface area contributed by atoms with Gasteiger partial charge in [-0.25, -0.2) is 0 Å². The van der Waals surface area contributed by atoms with E-state index in [1.807, 2.05) is 51.1 Å². The van der Waals surface area contributed by atoms with Gasteiger partial charge in [0.1, 0.15) is 11.3 Å². The van der Waals surface area contributed by atoms with Crippen molar-refractivity contribution < 1.29 is 9.53 Å². The van der Waals surface area contributed by atoms with Gasteiger partial charge in [-0.3, -0.25) is 9.78 Å². The Morgan fingerprint density at radius 2 is 1.73 bits per heavy atom. The molecule has 2 aromatic rings. The Hall–Kier alpha value is -2.90. The number of pyridine rings is 1. The summed E-state index contributed by atoms with van der Waals surface area (Å²) in [7, 11) is 4.20. The fraction of sp³-hybridized carbons (Fsp3) is 0.462. The Kier molecular flexibility index (Phi) is 10.4. The molecule has 0 fully saturated rings. The van der Waals surface area contributed by atoms with Gasteiger partial charge in [-0.15, -0.1) is 0 Å². The molecule has 0 unspecified atom stereocenters. The van der Waals surface area contributed by atoms with Gasteiger partial charge < -0.3 is 25.6 Å². The normalized spacial score (nSPS) is 11.3. The van der Waals surface area contributed by atoms with Gasteiger partial charge >= 0.3 is 0 Å². The van der Waals surface area contributed by atoms with Crippen LogP contribution >= 0.6 is 0 Å². The highest BCUT2D eigenvalue weighted by Crippen LogP contribution is 2.24. The number of para-hydroxylation sites is 2. The molecule has 0 bridgehead atoms. The monoisotopic (exact) mass is 453 g/mol. The average molecular weight is 454 g/mol. The van der Waals surface area contributed by atoms with Gasteiger partial charge in [0.2, 0.25) is 0 Å². The fourth-order valence-electron chi connectivity index (χ4n) is 3.18. The molecule has 7 nitrogen and oxygen atoms in total. The van der Waals surface area contributed by atoms with Crippen LogP contribution in [0.3, 0.4) is 0 Å². The van der Waals surface area contributed by atoms with Gasteiger partial charge in [-0.05, 0) is 91.1 Å². The molecule has 0 saturated heterocycles. The zero-order valence-electron chi connectivity index (χ0n) is 20.7. The van der Waals surface area contributed by atoms with Crippen molar-refractivity contribution in [3.05, 3.63) is 66.3 Å². The summed E-state index contributed by atoms with van der Waals surface area (Å²) in [5, 5.41) is 9.47. The van der Waals surface area contributed by atoms with E-state index in [-0.39, 0.29) is 11.5 Å². The summed E-state index contributed by atoms with van der Waals surface area (Å²) >= 11 is 0. The second-order valence-electron chi connectivity index (χ2n) is 9.35. The Balaban J connectivity index is 1.84. The molecule has 180 valence electrons. The Labute approximate surface area is 198 Å². The number of anilines is 2. The Morgan fingerprint density at radius 1 is 1.03 bits per heavy atom. The first-order valence-corrected chi connectivity index (χ1v) is 11.5. The summed E-state index contributed by atoms with van der Waals surface area (Å²) in [6.07, 6.45) is 5.34. The van der Waals surface area contributed by atoms with Crippen molar-refractivity contribution in [2.24, 2.45) is 0 Å². The van der Waals surface area contributed by atoms with Crippen LogP contribution in [0.5, 0.6) is 0 Å². The van der Waals surface area contributed by atoms with Crippen molar-refractivity contribution in [1.82, 2.24) is 15.2 Å². The first-order chi connectivity index (χ1) is 15.6. The van der Waals surface area contributed by atoms with E-state index in [1.165, 1.54) is 12.8 Å². The fourth-order valence-corrected chi connectivity index (χ4v) is 3.18. The number of benzene rings is 1. The Bertz CT molecular complexity index is 888. The van der Waals surface area contributed by atoms with E-state index in [1.54, 1.807) is 12.3 Å². The van der Waals surface area contributed by atoms with Gasteiger partial charge in [0, 0.05) is 12.7 Å². The van der Waals surface area contributed by atoms with Gasteiger partial charge in [0.25, 0.3) is 5.91 Å². The largest absolute Gasteiger partial charge is 0.474 e. The molecule has 0 aliphatic heterocycles. The standard InChI is InChI=1S/C26H39N5O2/c1-20(33-26(2,3)4)29-22-12-8-9-13-23(22)30-25(32)24-15-14-21(19-28-24)18-27-16-10-7-11-17-31(5)6/h8-9,12-15,19,27,29H,1,7,10-11,16-18H2,2-6H3,(H,30,32). The first-order valence-electron chi connectivity index (χ1n) is 11.5. The number of unbranched alkanes of at least 4 members (excludes halogenated alkanes) is 2. The van der Waals surface area contributed by atoms with E-state index >= 15 is 0 Å². The lowest BCUT2D eigenvalue weighted by Crippen LogP contribution is -2.21. The number of nitrogens with zero attached hydrogens (tertiary/aromatic N) is 2. The van der Waals surface area contributed by atoms with Crippen molar-refractivity contribution in [3.63, 3.8) is 0 Å². The quantitative estimate of drug-likeness (QED) is 0.297. The molecule has 0 atom stereocenters. The van der Waals surface area contributed by atoms with Crippen LogP contribution in [-0.2, 0) is 11.3 Å². The molecule has 0 saturated carbocycles. The van der Waals surface area contributed by atoms with Gasteiger partial charge in [-0.2, -0.15) is 0 Å². The van der Waals surface area contributed by atoms with Crippen molar-refractivity contribution in [1.29, 1.82) is 0 Å². The zero-order valence-corrected chi connectivity index (χ0v) is 20.7. The van der Waals surface area contributed by atoms with Gasteiger partial charge in [0.05, 0.1) is 11.4 Å². The van der Waals surface area contributed by atoms with Crippen LogP contribution in [0.1, 0.15) is 56.1 Å². The molecule has 1 aromatic carbocycles. The summed E-state index contributed by atoms with van der Waals surface area (Å²) in [6, 6.07) is 11.1. The molecule has 0 radical (unpaired) electrons. The van der Waals surface area contributed by atoms with Gasteiger partial charge in [0.15, 0.2) is 5.88 Å². The number of amides is 1. The molecular formula is C26H39N5O2. The van der Waals surface area contributed by atoms with E-state index in [9.17, 15) is 4.79 Å². The van der Waals surface area contributed by atoms with Crippen LogP contribution in [0.4, 0.5) is 11.4 Å². The maximum atomic E-state index is 12.7. The number of ether oxygens (including phenoxy) is 1. The number of carbonyl (C=O) groups is 1. The maximum absolute atomic E-state index is 12.7. The van der Waals surface area contributed by atoms with Crippen LogP contribution in [0.2, 0.25) is 0 Å². The molecular weight excluding hydrogens is 414 g/mol. The Morgan fingerprint density at radius 3 is 2.33 bits per heavy atom. The summed E-state index contributed by atoms with van der Waals surface area (Å²) in [5.74, 6) is 0.142. The van der Waals surface area contributed by atoms with Crippen LogP contribution in [0.25, 0.3) is 0 Å². The second kappa shape index (κ2) is 13.0. The summed E-state index contributed by atoms with van der Waals surface area (Å²) in [4.78, 5) is 19.3. The second-order valence-corrected chi connectivity index (χ2v) is 9.35. The van der Waals surface area contributed by atoms with Crippen molar-refractivity contribution in [3.8, 4) is 0 Å². The molecule has 1 amide bonds. The number of rotatable bonds is 13. The minimum Gasteiger partial charge on any atom is -0.474 e. The van der Waals surface area contributed by atoms with E-state index in [4.69, 9.17) is 4.74 Å². The lowest BCUT2D eigenvalue weighted by molar-refractivity contribution is 0.0565. The molecule has 33 heavy (non-hydrogen) atoms.